The highest BCUT2D eigenvalue weighted by Gasteiger charge is 2.42. The minimum absolute atomic E-state index is 0.126. The van der Waals surface area contributed by atoms with Crippen LogP contribution in [0.25, 0.3) is 10.9 Å². The molecule has 1 aliphatic rings. The van der Waals surface area contributed by atoms with Crippen molar-refractivity contribution in [3.63, 3.8) is 0 Å². The molecule has 3 nitrogen and oxygen atoms in total. The van der Waals surface area contributed by atoms with Crippen molar-refractivity contribution in [1.82, 2.24) is 4.98 Å². The number of H-pyrrole nitrogens is 1. The van der Waals surface area contributed by atoms with Gasteiger partial charge < -0.3 is 15.8 Å². The Labute approximate surface area is 87.9 Å². The first-order valence-corrected chi connectivity index (χ1v) is 5.21. The van der Waals surface area contributed by atoms with E-state index in [1.54, 1.807) is 12.1 Å². The van der Waals surface area contributed by atoms with Crippen molar-refractivity contribution in [2.45, 2.75) is 25.3 Å². The van der Waals surface area contributed by atoms with Crippen LogP contribution < -0.4 is 5.73 Å². The zero-order valence-corrected chi connectivity index (χ0v) is 8.67. The highest BCUT2D eigenvalue weighted by Crippen LogP contribution is 2.47. The maximum atomic E-state index is 9.40. The summed E-state index contributed by atoms with van der Waals surface area (Å²) in [5, 5.41) is 10.5. The first-order chi connectivity index (χ1) is 7.10. The minimum Gasteiger partial charge on any atom is -0.508 e. The molecule has 0 spiro atoms. The number of hydrogen-bond donors (Lipinski definition) is 3. The fourth-order valence-corrected chi connectivity index (χ4v) is 2.35. The molecule has 3 heteroatoms. The van der Waals surface area contributed by atoms with E-state index < -0.39 is 0 Å². The largest absolute Gasteiger partial charge is 0.508 e. The van der Waals surface area contributed by atoms with Crippen molar-refractivity contribution >= 4 is 10.9 Å². The molecule has 1 saturated carbocycles. The lowest BCUT2D eigenvalue weighted by molar-refractivity contribution is 0.476. The third-order valence-electron chi connectivity index (χ3n) is 3.26. The second-order valence-corrected chi connectivity index (χ2v) is 4.51. The second-order valence-electron chi connectivity index (χ2n) is 4.51. The molecule has 0 aliphatic heterocycles. The van der Waals surface area contributed by atoms with E-state index >= 15 is 0 Å². The monoisotopic (exact) mass is 202 g/mol. The summed E-state index contributed by atoms with van der Waals surface area (Å²) < 4.78 is 0. The number of aromatic nitrogens is 1. The molecule has 0 saturated heterocycles. The van der Waals surface area contributed by atoms with E-state index in [1.807, 2.05) is 13.0 Å². The first kappa shape index (κ1) is 8.80. The Kier molecular flexibility index (Phi) is 1.50. The molecule has 3 rings (SSSR count). The predicted molar refractivity (Wildman–Crippen MR) is 59.8 cm³/mol. The molecule has 1 aromatic heterocycles. The number of phenolic OH excluding ortho intramolecular Hbond substituents is 1. The van der Waals surface area contributed by atoms with Gasteiger partial charge in [-0.25, -0.2) is 0 Å². The van der Waals surface area contributed by atoms with Gasteiger partial charge in [-0.3, -0.25) is 0 Å². The SMILES string of the molecule is Cc1[nH]c2cc(O)ccc2c1C1(N)CC1. The Balaban J connectivity index is 2.33. The maximum absolute atomic E-state index is 9.40. The Morgan fingerprint density at radius 2 is 2.13 bits per heavy atom. The second kappa shape index (κ2) is 2.55. The van der Waals surface area contributed by atoms with Crippen molar-refractivity contribution in [2.75, 3.05) is 0 Å². The van der Waals surface area contributed by atoms with Gasteiger partial charge in [-0.15, -0.1) is 0 Å². The number of aromatic amines is 1. The van der Waals surface area contributed by atoms with Gasteiger partial charge >= 0.3 is 0 Å². The third-order valence-corrected chi connectivity index (χ3v) is 3.26. The molecular formula is C12H14N2O. The Morgan fingerprint density at radius 1 is 1.40 bits per heavy atom. The van der Waals surface area contributed by atoms with Crippen LogP contribution in [0, 0.1) is 6.92 Å². The fraction of sp³-hybridized carbons (Fsp3) is 0.333. The van der Waals surface area contributed by atoms with Crippen LogP contribution in [0.2, 0.25) is 0 Å². The zero-order chi connectivity index (χ0) is 10.6. The average Bonchev–Trinajstić information content (AvgIpc) is 2.79. The zero-order valence-electron chi connectivity index (χ0n) is 8.67. The quantitative estimate of drug-likeness (QED) is 0.663. The summed E-state index contributed by atoms with van der Waals surface area (Å²) in [6, 6.07) is 5.40. The Morgan fingerprint density at radius 3 is 2.80 bits per heavy atom. The molecule has 0 bridgehead atoms. The van der Waals surface area contributed by atoms with Crippen LogP contribution in [0.15, 0.2) is 18.2 Å². The number of hydrogen-bond acceptors (Lipinski definition) is 2. The maximum Gasteiger partial charge on any atom is 0.117 e. The molecule has 1 aromatic carbocycles. The van der Waals surface area contributed by atoms with Gasteiger partial charge in [0.15, 0.2) is 0 Å². The van der Waals surface area contributed by atoms with E-state index in [-0.39, 0.29) is 11.3 Å². The number of fused-ring (bicyclic) bond motifs is 1. The van der Waals surface area contributed by atoms with Crippen LogP contribution in [0.1, 0.15) is 24.1 Å². The van der Waals surface area contributed by atoms with E-state index in [4.69, 9.17) is 5.73 Å². The molecule has 2 aromatic rings. The van der Waals surface area contributed by atoms with Gasteiger partial charge in [0, 0.05) is 33.8 Å². The highest BCUT2D eigenvalue weighted by molar-refractivity contribution is 5.87. The lowest BCUT2D eigenvalue weighted by Gasteiger charge is -2.08. The lowest BCUT2D eigenvalue weighted by Crippen LogP contribution is -2.19. The van der Waals surface area contributed by atoms with Crippen LogP contribution in [-0.4, -0.2) is 10.1 Å². The summed E-state index contributed by atoms with van der Waals surface area (Å²) in [5.74, 6) is 0.289. The summed E-state index contributed by atoms with van der Waals surface area (Å²) in [4.78, 5) is 3.27. The summed E-state index contributed by atoms with van der Waals surface area (Å²) in [6.45, 7) is 2.04. The van der Waals surface area contributed by atoms with Gasteiger partial charge in [-0.1, -0.05) is 0 Å². The van der Waals surface area contributed by atoms with E-state index in [0.29, 0.717) is 0 Å². The van der Waals surface area contributed by atoms with Crippen molar-refractivity contribution in [3.8, 4) is 5.75 Å². The van der Waals surface area contributed by atoms with Crippen LogP contribution in [-0.2, 0) is 5.54 Å². The predicted octanol–water partition coefficient (Wildman–Crippen LogP) is 2.13. The van der Waals surface area contributed by atoms with Gasteiger partial charge in [-0.05, 0) is 31.9 Å². The van der Waals surface area contributed by atoms with Crippen molar-refractivity contribution < 1.29 is 5.11 Å². The third kappa shape index (κ3) is 1.16. The van der Waals surface area contributed by atoms with Crippen LogP contribution in [0.5, 0.6) is 5.75 Å². The standard InChI is InChI=1S/C12H14N2O/c1-7-11(12(13)4-5-12)9-3-2-8(15)6-10(9)14-7/h2-3,6,14-15H,4-5,13H2,1H3. The number of nitrogens with two attached hydrogens (primary N) is 1. The number of phenols is 1. The molecule has 0 amide bonds. The molecule has 78 valence electrons. The summed E-state index contributed by atoms with van der Waals surface area (Å²) in [6.07, 6.45) is 2.11. The van der Waals surface area contributed by atoms with E-state index in [2.05, 4.69) is 4.98 Å². The molecule has 1 fully saturated rings. The summed E-state index contributed by atoms with van der Waals surface area (Å²) >= 11 is 0. The lowest BCUT2D eigenvalue weighted by atomic mass is 10.0. The number of aromatic hydroxyl groups is 1. The number of rotatable bonds is 1. The fourth-order valence-electron chi connectivity index (χ4n) is 2.35. The van der Waals surface area contributed by atoms with Crippen molar-refractivity contribution in [1.29, 1.82) is 0 Å². The molecular weight excluding hydrogens is 188 g/mol. The molecule has 0 unspecified atom stereocenters. The Bertz CT molecular complexity index is 538. The van der Waals surface area contributed by atoms with E-state index in [1.165, 1.54) is 5.56 Å². The van der Waals surface area contributed by atoms with Crippen molar-refractivity contribution in [3.05, 3.63) is 29.5 Å². The number of benzene rings is 1. The van der Waals surface area contributed by atoms with Gasteiger partial charge in [0.25, 0.3) is 0 Å². The molecule has 15 heavy (non-hydrogen) atoms. The van der Waals surface area contributed by atoms with Crippen LogP contribution >= 0.6 is 0 Å². The van der Waals surface area contributed by atoms with Crippen LogP contribution in [0.4, 0.5) is 0 Å². The number of aryl methyl sites for hydroxylation is 1. The average molecular weight is 202 g/mol. The molecule has 4 N–H and O–H groups in total. The molecule has 1 heterocycles. The van der Waals surface area contributed by atoms with Gasteiger partial charge in [0.05, 0.1) is 0 Å². The Hall–Kier alpha value is -1.48. The normalized spacial score (nSPS) is 18.3. The van der Waals surface area contributed by atoms with Gasteiger partial charge in [0.1, 0.15) is 5.75 Å². The van der Waals surface area contributed by atoms with E-state index in [0.717, 1.165) is 29.4 Å². The highest BCUT2D eigenvalue weighted by atomic mass is 16.3. The first-order valence-electron chi connectivity index (χ1n) is 5.21. The van der Waals surface area contributed by atoms with Gasteiger partial charge in [-0.2, -0.15) is 0 Å². The van der Waals surface area contributed by atoms with E-state index in [9.17, 15) is 5.11 Å². The molecule has 0 radical (unpaired) electrons. The van der Waals surface area contributed by atoms with Gasteiger partial charge in [0.2, 0.25) is 0 Å². The number of nitrogens with one attached hydrogen (secondary N) is 1. The topological polar surface area (TPSA) is 62.0 Å². The summed E-state index contributed by atoms with van der Waals surface area (Å²) in [5.41, 5.74) is 9.42. The summed E-state index contributed by atoms with van der Waals surface area (Å²) in [7, 11) is 0. The minimum atomic E-state index is -0.126. The molecule has 0 atom stereocenters. The van der Waals surface area contributed by atoms with Crippen molar-refractivity contribution in [2.24, 2.45) is 5.73 Å². The smallest absolute Gasteiger partial charge is 0.117 e. The molecule has 1 aliphatic carbocycles. The van der Waals surface area contributed by atoms with Crippen LogP contribution in [0.3, 0.4) is 0 Å².